The van der Waals surface area contributed by atoms with Crippen LogP contribution in [0.4, 0.5) is 0 Å². The van der Waals surface area contributed by atoms with Gasteiger partial charge >= 0.3 is 0 Å². The van der Waals surface area contributed by atoms with Crippen molar-refractivity contribution in [3.63, 3.8) is 0 Å². The summed E-state index contributed by atoms with van der Waals surface area (Å²) in [7, 11) is 0. The molecule has 0 unspecified atom stereocenters. The van der Waals surface area contributed by atoms with Crippen molar-refractivity contribution in [3.05, 3.63) is 23.4 Å². The molecule has 1 aliphatic heterocycles. The molecule has 0 aliphatic carbocycles. The van der Waals surface area contributed by atoms with Gasteiger partial charge in [0.1, 0.15) is 0 Å². The smallest absolute Gasteiger partial charge is 0.257 e. The molecule has 0 spiro atoms. The normalized spacial score (nSPS) is 19.0. The van der Waals surface area contributed by atoms with Gasteiger partial charge in [0.15, 0.2) is 0 Å². The molecule has 3 aromatic heterocycles. The number of rotatable bonds is 6. The summed E-state index contributed by atoms with van der Waals surface area (Å²) < 4.78 is 13.2. The molecule has 1 aliphatic rings. The lowest BCUT2D eigenvalue weighted by molar-refractivity contribution is 0.0911. The molecule has 126 valence electrons. The molecule has 3 aromatic rings. The van der Waals surface area contributed by atoms with Crippen LogP contribution in [0.15, 0.2) is 27.1 Å². The third-order valence-electron chi connectivity index (χ3n) is 3.70. The topological polar surface area (TPSA) is 91.8 Å². The predicted octanol–water partition coefficient (Wildman–Crippen LogP) is 2.82. The van der Waals surface area contributed by atoms with Crippen LogP contribution < -0.4 is 0 Å². The van der Waals surface area contributed by atoms with Gasteiger partial charge in [0, 0.05) is 6.61 Å². The largest absolute Gasteiger partial charge is 0.419 e. The Morgan fingerprint density at radius 2 is 2.38 bits per heavy atom. The molecule has 0 radical (unpaired) electrons. The fourth-order valence-corrected chi connectivity index (χ4v) is 3.96. The Labute approximate surface area is 146 Å². The summed E-state index contributed by atoms with van der Waals surface area (Å²) in [5.74, 6) is 1.11. The molecule has 8 nitrogen and oxygen atoms in total. The van der Waals surface area contributed by atoms with E-state index in [0.717, 1.165) is 29.5 Å². The van der Waals surface area contributed by atoms with E-state index in [1.807, 2.05) is 24.4 Å². The van der Waals surface area contributed by atoms with Crippen molar-refractivity contribution >= 4 is 23.1 Å². The zero-order valence-electron chi connectivity index (χ0n) is 13.0. The summed E-state index contributed by atoms with van der Waals surface area (Å²) in [4.78, 5) is 0.967. The molecule has 10 heteroatoms. The van der Waals surface area contributed by atoms with Crippen molar-refractivity contribution in [2.45, 2.75) is 42.8 Å². The Balaban J connectivity index is 1.44. The van der Waals surface area contributed by atoms with Crippen LogP contribution in [0.3, 0.4) is 0 Å². The SMILES string of the molecule is C[C@H](Sc1nnnn1C[C@@H]1CCCO1)c1nnc(-c2cccs2)o1. The van der Waals surface area contributed by atoms with Gasteiger partial charge in [0.05, 0.1) is 22.8 Å². The lowest BCUT2D eigenvalue weighted by Crippen LogP contribution is -2.17. The maximum Gasteiger partial charge on any atom is 0.257 e. The molecule has 1 saturated heterocycles. The van der Waals surface area contributed by atoms with E-state index in [9.17, 15) is 0 Å². The average molecular weight is 364 g/mol. The number of tetrazole rings is 1. The molecule has 2 atom stereocenters. The number of hydrogen-bond donors (Lipinski definition) is 0. The second-order valence-electron chi connectivity index (χ2n) is 5.46. The quantitative estimate of drug-likeness (QED) is 0.617. The van der Waals surface area contributed by atoms with Crippen LogP contribution in [0.25, 0.3) is 10.8 Å². The molecule has 4 rings (SSSR count). The lowest BCUT2D eigenvalue weighted by Gasteiger charge is -2.11. The van der Waals surface area contributed by atoms with Gasteiger partial charge in [-0.15, -0.1) is 26.6 Å². The summed E-state index contributed by atoms with van der Waals surface area (Å²) in [5.41, 5.74) is 0. The molecule has 4 heterocycles. The fourth-order valence-electron chi connectivity index (χ4n) is 2.48. The molecule has 0 saturated carbocycles. The summed E-state index contributed by atoms with van der Waals surface area (Å²) in [5, 5.41) is 22.9. The van der Waals surface area contributed by atoms with E-state index in [-0.39, 0.29) is 11.4 Å². The average Bonchev–Trinajstić information content (AvgIpc) is 3.37. The first kappa shape index (κ1) is 15.7. The van der Waals surface area contributed by atoms with Gasteiger partial charge in [-0.2, -0.15) is 0 Å². The number of hydrogen-bond acceptors (Lipinski definition) is 9. The van der Waals surface area contributed by atoms with Crippen molar-refractivity contribution < 1.29 is 9.15 Å². The number of thiophene rings is 1. The summed E-state index contributed by atoms with van der Waals surface area (Å²) in [6, 6.07) is 3.92. The fraction of sp³-hybridized carbons (Fsp3) is 0.500. The van der Waals surface area contributed by atoms with Crippen molar-refractivity contribution in [2.24, 2.45) is 0 Å². The van der Waals surface area contributed by atoms with Crippen molar-refractivity contribution in [1.29, 1.82) is 0 Å². The van der Waals surface area contributed by atoms with Gasteiger partial charge in [-0.05, 0) is 41.6 Å². The molecule has 0 amide bonds. The van der Waals surface area contributed by atoms with Gasteiger partial charge in [0.25, 0.3) is 5.89 Å². The Bertz CT molecular complexity index is 781. The van der Waals surface area contributed by atoms with Gasteiger partial charge in [-0.3, -0.25) is 0 Å². The van der Waals surface area contributed by atoms with Crippen molar-refractivity contribution in [3.8, 4) is 10.8 Å². The Morgan fingerprint density at radius 1 is 1.42 bits per heavy atom. The maximum absolute atomic E-state index is 5.78. The van der Waals surface area contributed by atoms with Gasteiger partial charge in [0.2, 0.25) is 11.0 Å². The molecule has 1 fully saturated rings. The first-order valence-corrected chi connectivity index (χ1v) is 9.47. The molecule has 24 heavy (non-hydrogen) atoms. The van der Waals surface area contributed by atoms with Gasteiger partial charge < -0.3 is 9.15 Å². The Hall–Kier alpha value is -1.78. The van der Waals surface area contributed by atoms with Crippen LogP contribution in [-0.4, -0.2) is 43.1 Å². The van der Waals surface area contributed by atoms with Crippen LogP contribution in [0.1, 0.15) is 30.9 Å². The Morgan fingerprint density at radius 3 is 3.17 bits per heavy atom. The van der Waals surface area contributed by atoms with E-state index in [1.54, 1.807) is 16.0 Å². The Kier molecular flexibility index (Phi) is 4.58. The zero-order valence-corrected chi connectivity index (χ0v) is 14.7. The number of nitrogens with zero attached hydrogens (tertiary/aromatic N) is 6. The van der Waals surface area contributed by atoms with E-state index in [4.69, 9.17) is 9.15 Å². The molecule has 0 aromatic carbocycles. The maximum atomic E-state index is 5.78. The van der Waals surface area contributed by atoms with Gasteiger partial charge in [-0.25, -0.2) is 4.68 Å². The molecule has 0 N–H and O–H groups in total. The van der Waals surface area contributed by atoms with Crippen molar-refractivity contribution in [2.75, 3.05) is 6.61 Å². The lowest BCUT2D eigenvalue weighted by atomic mass is 10.2. The number of ether oxygens (including phenoxy) is 1. The highest BCUT2D eigenvalue weighted by atomic mass is 32.2. The third kappa shape index (κ3) is 3.35. The summed E-state index contributed by atoms with van der Waals surface area (Å²) in [6.45, 7) is 3.49. The van der Waals surface area contributed by atoms with Gasteiger partial charge in [-0.1, -0.05) is 17.8 Å². The standard InChI is InChI=1S/C14H16N6O2S2/c1-9(12-15-16-13(22-12)11-5-3-7-23-11)24-14-17-18-19-20(14)8-10-4-2-6-21-10/h3,5,7,9-10H,2,4,6,8H2,1H3/t9-,10-/m0/s1. The number of aromatic nitrogens is 6. The minimum atomic E-state index is -0.0412. The third-order valence-corrected chi connectivity index (χ3v) is 5.62. The summed E-state index contributed by atoms with van der Waals surface area (Å²) >= 11 is 3.08. The van der Waals surface area contributed by atoms with Crippen LogP contribution in [0.2, 0.25) is 0 Å². The second kappa shape index (κ2) is 6.99. The highest BCUT2D eigenvalue weighted by Crippen LogP contribution is 2.34. The van der Waals surface area contributed by atoms with E-state index in [2.05, 4.69) is 25.7 Å². The minimum Gasteiger partial charge on any atom is -0.419 e. The predicted molar refractivity (Wildman–Crippen MR) is 88.7 cm³/mol. The monoisotopic (exact) mass is 364 g/mol. The van der Waals surface area contributed by atoms with E-state index in [1.165, 1.54) is 11.8 Å². The highest BCUT2D eigenvalue weighted by Gasteiger charge is 2.22. The van der Waals surface area contributed by atoms with Crippen LogP contribution in [-0.2, 0) is 11.3 Å². The van der Waals surface area contributed by atoms with Crippen LogP contribution in [0.5, 0.6) is 0 Å². The first-order chi connectivity index (χ1) is 11.8. The highest BCUT2D eigenvalue weighted by molar-refractivity contribution is 7.99. The second-order valence-corrected chi connectivity index (χ2v) is 7.72. The molecular weight excluding hydrogens is 348 g/mol. The number of thioether (sulfide) groups is 1. The molecule has 0 bridgehead atoms. The zero-order chi connectivity index (χ0) is 16.4. The van der Waals surface area contributed by atoms with E-state index in [0.29, 0.717) is 18.3 Å². The minimum absolute atomic E-state index is 0.0412. The van der Waals surface area contributed by atoms with E-state index < -0.39 is 0 Å². The van der Waals surface area contributed by atoms with Crippen molar-refractivity contribution in [1.82, 2.24) is 30.4 Å². The van der Waals surface area contributed by atoms with Crippen LogP contribution >= 0.6 is 23.1 Å². The first-order valence-electron chi connectivity index (χ1n) is 7.71. The molecular formula is C14H16N6O2S2. The van der Waals surface area contributed by atoms with E-state index >= 15 is 0 Å². The summed E-state index contributed by atoms with van der Waals surface area (Å²) in [6.07, 6.45) is 2.34. The van der Waals surface area contributed by atoms with Crippen LogP contribution in [0, 0.1) is 0 Å².